The van der Waals surface area contributed by atoms with Crippen molar-refractivity contribution in [1.29, 1.82) is 0 Å². The Kier molecular flexibility index (Phi) is 6.54. The van der Waals surface area contributed by atoms with Gasteiger partial charge in [-0.25, -0.2) is 10.0 Å². The molecule has 1 fully saturated rings. The summed E-state index contributed by atoms with van der Waals surface area (Å²) in [6.07, 6.45) is 5.97. The molecule has 1 atom stereocenters. The first-order chi connectivity index (χ1) is 11.5. The fourth-order valence-electron chi connectivity index (χ4n) is 3.20. The highest BCUT2D eigenvalue weighted by Crippen LogP contribution is 2.33. The Hall–Kier alpha value is -2.15. The summed E-state index contributed by atoms with van der Waals surface area (Å²) in [5.74, 6) is 0.679. The lowest BCUT2D eigenvalue weighted by Crippen LogP contribution is -2.44. The van der Waals surface area contributed by atoms with Crippen LogP contribution in [0, 0.1) is 24.7 Å². The van der Waals surface area contributed by atoms with E-state index in [-0.39, 0.29) is 18.4 Å². The van der Waals surface area contributed by atoms with Crippen molar-refractivity contribution in [2.45, 2.75) is 39.5 Å². The van der Waals surface area contributed by atoms with E-state index in [9.17, 15) is 14.8 Å². The highest BCUT2D eigenvalue weighted by atomic mass is 16.5. The van der Waals surface area contributed by atoms with Gasteiger partial charge in [0.05, 0.1) is 12.5 Å². The molecule has 7 heteroatoms. The standard InChI is InChI=1S/C17H26N4O3/c1-12-3-5-14(6-4-12)15(10-21(24)11-22)17(23)20-19-16-9-13(2)7-8-18-16/h7-9,11-12,14-15,24H,3-6,10H2,1-2H3,(H,18,19)(H,20,23). The van der Waals surface area contributed by atoms with Gasteiger partial charge in [-0.2, -0.15) is 0 Å². The van der Waals surface area contributed by atoms with Crippen molar-refractivity contribution in [3.63, 3.8) is 0 Å². The van der Waals surface area contributed by atoms with Gasteiger partial charge in [0, 0.05) is 6.20 Å². The summed E-state index contributed by atoms with van der Waals surface area (Å²) in [4.78, 5) is 27.4. The topological polar surface area (TPSA) is 94.6 Å². The van der Waals surface area contributed by atoms with E-state index in [4.69, 9.17) is 0 Å². The van der Waals surface area contributed by atoms with E-state index < -0.39 is 5.92 Å². The largest absolute Gasteiger partial charge is 0.286 e. The Balaban J connectivity index is 1.99. The summed E-state index contributed by atoms with van der Waals surface area (Å²) in [5.41, 5.74) is 6.49. The number of aromatic nitrogens is 1. The van der Waals surface area contributed by atoms with Crippen LogP contribution in [0.15, 0.2) is 18.3 Å². The average molecular weight is 334 g/mol. The third kappa shape index (κ3) is 5.19. The molecule has 1 aliphatic rings. The molecule has 0 spiro atoms. The number of carbonyl (C=O) groups is 2. The van der Waals surface area contributed by atoms with Gasteiger partial charge in [-0.3, -0.25) is 25.6 Å². The Morgan fingerprint density at radius 3 is 2.79 bits per heavy atom. The van der Waals surface area contributed by atoms with Crippen molar-refractivity contribution in [3.05, 3.63) is 23.9 Å². The summed E-state index contributed by atoms with van der Waals surface area (Å²) in [6, 6.07) is 3.69. The number of aryl methyl sites for hydroxylation is 1. The first-order valence-corrected chi connectivity index (χ1v) is 8.39. The zero-order valence-electron chi connectivity index (χ0n) is 14.2. The van der Waals surface area contributed by atoms with E-state index in [1.165, 1.54) is 0 Å². The van der Waals surface area contributed by atoms with Gasteiger partial charge in [0.2, 0.25) is 12.3 Å². The molecule has 0 bridgehead atoms. The number of amides is 2. The van der Waals surface area contributed by atoms with E-state index in [0.29, 0.717) is 23.2 Å². The minimum absolute atomic E-state index is 0.00267. The molecule has 1 aliphatic carbocycles. The van der Waals surface area contributed by atoms with Crippen molar-refractivity contribution in [1.82, 2.24) is 15.5 Å². The Labute approximate surface area is 142 Å². The quantitative estimate of drug-likeness (QED) is 0.403. The van der Waals surface area contributed by atoms with Crippen molar-refractivity contribution in [2.24, 2.45) is 17.8 Å². The molecule has 7 nitrogen and oxygen atoms in total. The van der Waals surface area contributed by atoms with Gasteiger partial charge >= 0.3 is 0 Å². The molecule has 1 heterocycles. The third-order valence-electron chi connectivity index (χ3n) is 4.70. The number of carbonyl (C=O) groups excluding carboxylic acids is 2. The molecule has 1 aromatic rings. The molecule has 0 aromatic carbocycles. The monoisotopic (exact) mass is 334 g/mol. The number of hydrazine groups is 1. The molecule has 1 aromatic heterocycles. The van der Waals surface area contributed by atoms with Crippen LogP contribution in [-0.4, -0.2) is 34.1 Å². The predicted molar refractivity (Wildman–Crippen MR) is 89.9 cm³/mol. The first kappa shape index (κ1) is 18.2. The molecule has 1 saturated carbocycles. The molecule has 0 aliphatic heterocycles. The SMILES string of the molecule is Cc1ccnc(NNC(=O)C(CN(O)C=O)C2CCC(C)CC2)c1. The maximum atomic E-state index is 12.6. The number of pyridine rings is 1. The summed E-state index contributed by atoms with van der Waals surface area (Å²) in [6.45, 7) is 4.14. The van der Waals surface area contributed by atoms with Gasteiger partial charge in [0.25, 0.3) is 0 Å². The fourth-order valence-corrected chi connectivity index (χ4v) is 3.20. The molecular formula is C17H26N4O3. The maximum absolute atomic E-state index is 12.6. The Bertz CT molecular complexity index is 559. The van der Waals surface area contributed by atoms with Crippen molar-refractivity contribution >= 4 is 18.1 Å². The highest BCUT2D eigenvalue weighted by molar-refractivity contribution is 5.80. The number of hydrogen-bond donors (Lipinski definition) is 3. The van der Waals surface area contributed by atoms with Crippen molar-refractivity contribution < 1.29 is 14.8 Å². The second-order valence-corrected chi connectivity index (χ2v) is 6.69. The molecule has 0 saturated heterocycles. The average Bonchev–Trinajstić information content (AvgIpc) is 2.58. The van der Waals surface area contributed by atoms with Gasteiger partial charge in [-0.05, 0) is 49.3 Å². The second-order valence-electron chi connectivity index (χ2n) is 6.69. The first-order valence-electron chi connectivity index (χ1n) is 8.39. The molecule has 2 amide bonds. The fraction of sp³-hybridized carbons (Fsp3) is 0.588. The van der Waals surface area contributed by atoms with Crippen molar-refractivity contribution in [2.75, 3.05) is 12.0 Å². The highest BCUT2D eigenvalue weighted by Gasteiger charge is 2.32. The van der Waals surface area contributed by atoms with Gasteiger partial charge in [0.1, 0.15) is 5.82 Å². The lowest BCUT2D eigenvalue weighted by atomic mass is 9.76. The van der Waals surface area contributed by atoms with Crippen LogP contribution in [0.1, 0.15) is 38.2 Å². The number of rotatable bonds is 7. The van der Waals surface area contributed by atoms with Gasteiger partial charge in [-0.15, -0.1) is 0 Å². The molecule has 2 rings (SSSR count). The van der Waals surface area contributed by atoms with Crippen LogP contribution >= 0.6 is 0 Å². The Morgan fingerprint density at radius 2 is 2.17 bits per heavy atom. The van der Waals surface area contributed by atoms with Crippen LogP contribution < -0.4 is 10.9 Å². The van der Waals surface area contributed by atoms with Gasteiger partial charge < -0.3 is 0 Å². The van der Waals surface area contributed by atoms with Crippen LogP contribution in [0.5, 0.6) is 0 Å². The molecule has 1 unspecified atom stereocenters. The van der Waals surface area contributed by atoms with E-state index in [1.807, 2.05) is 19.1 Å². The van der Waals surface area contributed by atoms with Crippen LogP contribution in [0.3, 0.4) is 0 Å². The number of nitrogens with one attached hydrogen (secondary N) is 2. The van der Waals surface area contributed by atoms with Crippen LogP contribution in [-0.2, 0) is 9.59 Å². The molecule has 0 radical (unpaired) electrons. The molecular weight excluding hydrogens is 308 g/mol. The number of hydroxylamine groups is 2. The zero-order chi connectivity index (χ0) is 17.5. The zero-order valence-corrected chi connectivity index (χ0v) is 14.2. The van der Waals surface area contributed by atoms with Gasteiger partial charge in [0.15, 0.2) is 0 Å². The maximum Gasteiger partial charge on any atom is 0.243 e. The van der Waals surface area contributed by atoms with E-state index in [2.05, 4.69) is 22.8 Å². The van der Waals surface area contributed by atoms with E-state index >= 15 is 0 Å². The smallest absolute Gasteiger partial charge is 0.243 e. The van der Waals surface area contributed by atoms with E-state index in [1.54, 1.807) is 6.20 Å². The second kappa shape index (κ2) is 8.63. The normalized spacial score (nSPS) is 21.6. The third-order valence-corrected chi connectivity index (χ3v) is 4.70. The summed E-state index contributed by atoms with van der Waals surface area (Å²) in [5, 5.41) is 10.1. The summed E-state index contributed by atoms with van der Waals surface area (Å²) >= 11 is 0. The summed E-state index contributed by atoms with van der Waals surface area (Å²) in [7, 11) is 0. The van der Waals surface area contributed by atoms with Crippen molar-refractivity contribution in [3.8, 4) is 0 Å². The minimum Gasteiger partial charge on any atom is -0.286 e. The summed E-state index contributed by atoms with van der Waals surface area (Å²) < 4.78 is 0. The number of hydrogen-bond acceptors (Lipinski definition) is 5. The van der Waals surface area contributed by atoms with Crippen LogP contribution in [0.4, 0.5) is 5.82 Å². The van der Waals surface area contributed by atoms with Crippen LogP contribution in [0.2, 0.25) is 0 Å². The van der Waals surface area contributed by atoms with Crippen LogP contribution in [0.25, 0.3) is 0 Å². The molecule has 24 heavy (non-hydrogen) atoms. The molecule has 3 N–H and O–H groups in total. The predicted octanol–water partition coefficient (Wildman–Crippen LogP) is 2.12. The number of anilines is 1. The minimum atomic E-state index is -0.454. The molecule has 132 valence electrons. The lowest BCUT2D eigenvalue weighted by molar-refractivity contribution is -0.156. The Morgan fingerprint density at radius 1 is 1.46 bits per heavy atom. The van der Waals surface area contributed by atoms with E-state index in [0.717, 1.165) is 31.2 Å². The van der Waals surface area contributed by atoms with Gasteiger partial charge in [-0.1, -0.05) is 19.8 Å². The lowest BCUT2D eigenvalue weighted by Gasteiger charge is -2.32. The number of nitrogens with zero attached hydrogens (tertiary/aromatic N) is 2.